The van der Waals surface area contributed by atoms with Gasteiger partial charge in [-0.15, -0.1) is 0 Å². The van der Waals surface area contributed by atoms with Gasteiger partial charge in [-0.25, -0.2) is 0 Å². The van der Waals surface area contributed by atoms with Gasteiger partial charge in [0.1, 0.15) is 7.22 Å². The molecule has 2 N–H and O–H groups in total. The van der Waals surface area contributed by atoms with Crippen LogP contribution in [0.2, 0.25) is 19.6 Å². The Kier molecular flexibility index (Phi) is 3.41. The van der Waals surface area contributed by atoms with Gasteiger partial charge in [0.05, 0.1) is 0 Å². The third-order valence-electron chi connectivity index (χ3n) is 0.393. The van der Waals surface area contributed by atoms with Crippen molar-refractivity contribution >= 4 is 35.6 Å². The first-order chi connectivity index (χ1) is 3.71. The molecule has 0 radical (unpaired) electrons. The Bertz CT molecular complexity index is 137. The molecular weight excluding hydrogens is 191 g/mol. The average Bonchev–Trinajstić information content (AvgIpc) is 1.14. The van der Waals surface area contributed by atoms with Gasteiger partial charge in [0.2, 0.25) is 5.69 Å². The summed E-state index contributed by atoms with van der Waals surface area (Å²) in [6.07, 6.45) is 0. The van der Waals surface area contributed by atoms with E-state index in [-0.39, 0.29) is 0 Å². The van der Waals surface area contributed by atoms with E-state index in [2.05, 4.69) is 11.8 Å². The van der Waals surface area contributed by atoms with E-state index in [4.69, 9.17) is 9.79 Å². The zero-order chi connectivity index (χ0) is 7.71. The second-order valence-corrected chi connectivity index (χ2v) is 17.7. The van der Waals surface area contributed by atoms with Crippen LogP contribution < -0.4 is 0 Å². The molecule has 0 spiro atoms. The lowest BCUT2D eigenvalue weighted by Crippen LogP contribution is -2.12. The maximum atomic E-state index is 8.83. The van der Waals surface area contributed by atoms with E-state index in [0.717, 1.165) is 0 Å². The van der Waals surface area contributed by atoms with Gasteiger partial charge in [0.15, 0.2) is 0 Å². The molecule has 0 aliphatic heterocycles. The second kappa shape index (κ2) is 3.03. The van der Waals surface area contributed by atoms with Crippen LogP contribution >= 0.6 is 16.5 Å². The summed E-state index contributed by atoms with van der Waals surface area (Å²) in [5, 5.41) is 0. The van der Waals surface area contributed by atoms with Gasteiger partial charge in [-0.1, -0.05) is 30.5 Å². The Hall–Kier alpha value is 1.14. The van der Waals surface area contributed by atoms with Crippen molar-refractivity contribution in [1.29, 1.82) is 0 Å². The molecule has 2 nitrogen and oxygen atoms in total. The summed E-state index contributed by atoms with van der Waals surface area (Å²) < 4.78 is 0. The van der Waals surface area contributed by atoms with Crippen molar-refractivity contribution in [2.24, 2.45) is 0 Å². The van der Waals surface area contributed by atoms with Crippen LogP contribution in [-0.2, 0) is 11.8 Å². The summed E-state index contributed by atoms with van der Waals surface area (Å²) in [5.74, 6) is 0. The van der Waals surface area contributed by atoms with E-state index in [1.54, 1.807) is 0 Å². The summed E-state index contributed by atoms with van der Waals surface area (Å²) in [7, 11) is -0.241. The van der Waals surface area contributed by atoms with Crippen molar-refractivity contribution in [3.63, 3.8) is 0 Å². The van der Waals surface area contributed by atoms with Crippen molar-refractivity contribution in [3.8, 4) is 0 Å². The molecule has 9 heavy (non-hydrogen) atoms. The maximum Gasteiger partial charge on any atom is 0.236 e. The fraction of sp³-hybridized carbons (Fsp3) is 1.00. The first-order valence-electron chi connectivity index (χ1n) is 2.47. The number of hydrogen-bond acceptors (Lipinski definition) is 2. The van der Waals surface area contributed by atoms with Gasteiger partial charge in [0, 0.05) is 0 Å². The largest absolute Gasteiger partial charge is 0.338 e. The monoisotopic (exact) mass is 202 g/mol. The van der Waals surface area contributed by atoms with Crippen LogP contribution in [0.4, 0.5) is 0 Å². The van der Waals surface area contributed by atoms with Gasteiger partial charge in [-0.3, -0.25) is 0 Å². The fourth-order valence-electron chi connectivity index (χ4n) is 0.357. The number of rotatable bonds is 2. The molecule has 0 aromatic heterocycles. The van der Waals surface area contributed by atoms with E-state index in [9.17, 15) is 0 Å². The highest BCUT2D eigenvalue weighted by molar-refractivity contribution is 8.78. The lowest BCUT2D eigenvalue weighted by Gasteiger charge is -2.17. The highest BCUT2D eigenvalue weighted by Gasteiger charge is 2.22. The van der Waals surface area contributed by atoms with Crippen molar-refractivity contribution < 1.29 is 9.79 Å². The fourth-order valence-corrected chi connectivity index (χ4v) is 15.7. The van der Waals surface area contributed by atoms with E-state index < -0.39 is 12.9 Å². The summed E-state index contributed by atoms with van der Waals surface area (Å²) in [4.78, 5) is 17.7. The molecule has 0 amide bonds. The Morgan fingerprint density at radius 3 is 1.67 bits per heavy atom. The van der Waals surface area contributed by atoms with Gasteiger partial charge < -0.3 is 9.79 Å². The lowest BCUT2D eigenvalue weighted by atomic mass is 11.8. The topological polar surface area (TPSA) is 40.5 Å². The van der Waals surface area contributed by atoms with Crippen molar-refractivity contribution in [2.75, 3.05) is 0 Å². The van der Waals surface area contributed by atoms with E-state index in [0.29, 0.717) is 0 Å². The lowest BCUT2D eigenvalue weighted by molar-refractivity contribution is 0.502. The molecule has 0 rings (SSSR count). The van der Waals surface area contributed by atoms with E-state index in [1.807, 2.05) is 19.6 Å². The summed E-state index contributed by atoms with van der Waals surface area (Å²) in [5.41, 5.74) is -2.98. The Labute approximate surface area is 65.2 Å². The molecule has 0 fully saturated rings. The standard InChI is InChI=1S/C3H11O2PS2Si/c1-9(2,3)8-6(4,5)7/h1-3H3,(H2,4,5,7). The molecule has 0 aliphatic carbocycles. The van der Waals surface area contributed by atoms with Crippen LogP contribution in [0.1, 0.15) is 0 Å². The summed E-state index contributed by atoms with van der Waals surface area (Å²) in [6.45, 7) is 6.10. The Morgan fingerprint density at radius 2 is 1.67 bits per heavy atom. The molecule has 0 saturated heterocycles. The van der Waals surface area contributed by atoms with Crippen LogP contribution in [0.25, 0.3) is 0 Å². The zero-order valence-corrected chi connectivity index (χ0v) is 9.19. The quantitative estimate of drug-likeness (QED) is 0.529. The predicted molar refractivity (Wildman–Crippen MR) is 49.7 cm³/mol. The minimum absolute atomic E-state index is 1.19. The molecule has 0 aliphatic rings. The zero-order valence-electron chi connectivity index (χ0n) is 5.66. The minimum Gasteiger partial charge on any atom is -0.338 e. The molecule has 6 heteroatoms. The molecule has 0 saturated carbocycles. The van der Waals surface area contributed by atoms with Crippen LogP contribution in [0.5, 0.6) is 0 Å². The SMILES string of the molecule is C[Si](C)(C)SP(O)(O)=S. The van der Waals surface area contributed by atoms with Gasteiger partial charge in [0.25, 0.3) is 0 Å². The van der Waals surface area contributed by atoms with Crippen LogP contribution in [0.15, 0.2) is 0 Å². The molecule has 0 aromatic carbocycles. The van der Waals surface area contributed by atoms with E-state index >= 15 is 0 Å². The van der Waals surface area contributed by atoms with Gasteiger partial charge in [-0.2, -0.15) is 0 Å². The van der Waals surface area contributed by atoms with Crippen LogP contribution in [-0.4, -0.2) is 17.0 Å². The van der Waals surface area contributed by atoms with Gasteiger partial charge >= 0.3 is 0 Å². The highest BCUT2D eigenvalue weighted by atomic mass is 33.0. The van der Waals surface area contributed by atoms with Crippen molar-refractivity contribution in [2.45, 2.75) is 19.6 Å². The molecule has 0 heterocycles. The first kappa shape index (κ1) is 10.1. The summed E-state index contributed by atoms with van der Waals surface area (Å²) in [6, 6.07) is 0. The molecule has 0 aromatic rings. The molecule has 0 atom stereocenters. The Balaban J connectivity index is 3.90. The van der Waals surface area contributed by atoms with E-state index in [1.165, 1.54) is 10.8 Å². The van der Waals surface area contributed by atoms with Crippen LogP contribution in [0.3, 0.4) is 0 Å². The molecular formula is C3H11O2PS2Si. The maximum absolute atomic E-state index is 8.83. The first-order valence-corrected chi connectivity index (χ1v) is 10.8. The van der Waals surface area contributed by atoms with Crippen molar-refractivity contribution in [1.82, 2.24) is 0 Å². The third kappa shape index (κ3) is 9.14. The molecule has 56 valence electrons. The van der Waals surface area contributed by atoms with Crippen molar-refractivity contribution in [3.05, 3.63) is 0 Å². The summed E-state index contributed by atoms with van der Waals surface area (Å²) >= 11 is 4.45. The third-order valence-corrected chi connectivity index (χ3v) is 12.6. The van der Waals surface area contributed by atoms with Gasteiger partial charge in [-0.05, 0) is 11.8 Å². The molecule has 0 unspecified atom stereocenters. The minimum atomic E-state index is -2.98. The predicted octanol–water partition coefficient (Wildman–Crippen LogP) is 1.76. The molecule has 0 bridgehead atoms. The average molecular weight is 202 g/mol. The smallest absolute Gasteiger partial charge is 0.236 e. The normalized spacial score (nSPS) is 13.9. The highest BCUT2D eigenvalue weighted by Crippen LogP contribution is 2.55. The number of hydrogen-bond donors (Lipinski definition) is 2. The Morgan fingerprint density at radius 1 is 1.33 bits per heavy atom. The van der Waals surface area contributed by atoms with Crippen LogP contribution in [0, 0.1) is 0 Å². The second-order valence-electron chi connectivity index (χ2n) is 2.69.